The molecular formula is C29H33N3O3. The quantitative estimate of drug-likeness (QED) is 0.511. The Morgan fingerprint density at radius 2 is 1.46 bits per heavy atom. The zero-order chi connectivity index (χ0) is 24.6. The van der Waals surface area contributed by atoms with E-state index < -0.39 is 0 Å². The fraction of sp³-hybridized carbons (Fsp3) is 0.310. The van der Waals surface area contributed by atoms with Crippen LogP contribution in [0, 0.1) is 13.8 Å². The van der Waals surface area contributed by atoms with Gasteiger partial charge < -0.3 is 19.9 Å². The average Bonchev–Trinajstić information content (AvgIpc) is 2.87. The molecular weight excluding hydrogens is 438 g/mol. The number of ether oxygens (including phenoxy) is 1. The van der Waals surface area contributed by atoms with Crippen LogP contribution in [0.15, 0.2) is 72.8 Å². The smallest absolute Gasteiger partial charge is 0.223 e. The summed E-state index contributed by atoms with van der Waals surface area (Å²) in [6, 6.07) is 24.0. The summed E-state index contributed by atoms with van der Waals surface area (Å²) < 4.78 is 5.94. The topological polar surface area (TPSA) is 61.9 Å². The first-order chi connectivity index (χ1) is 17.0. The Labute approximate surface area is 207 Å². The van der Waals surface area contributed by atoms with Crippen molar-refractivity contribution in [1.82, 2.24) is 10.2 Å². The van der Waals surface area contributed by atoms with Crippen molar-refractivity contribution in [2.24, 2.45) is 0 Å². The Balaban J connectivity index is 1.16. The van der Waals surface area contributed by atoms with Gasteiger partial charge in [-0.25, -0.2) is 0 Å². The molecule has 0 unspecified atom stereocenters. The largest absolute Gasteiger partial charge is 0.457 e. The summed E-state index contributed by atoms with van der Waals surface area (Å²) in [6.07, 6.45) is 0.436. The number of nitrogens with one attached hydrogen (secondary N) is 1. The van der Waals surface area contributed by atoms with E-state index in [1.165, 1.54) is 5.69 Å². The van der Waals surface area contributed by atoms with Crippen molar-refractivity contribution in [2.45, 2.75) is 33.2 Å². The molecule has 35 heavy (non-hydrogen) atoms. The lowest BCUT2D eigenvalue weighted by molar-refractivity contribution is -0.133. The second-order valence-corrected chi connectivity index (χ2v) is 9.05. The Hall–Kier alpha value is -3.80. The molecule has 3 aromatic rings. The minimum absolute atomic E-state index is 0.0424. The van der Waals surface area contributed by atoms with Crippen molar-refractivity contribution in [3.05, 3.63) is 89.5 Å². The molecule has 0 atom stereocenters. The maximum absolute atomic E-state index is 12.6. The monoisotopic (exact) mass is 471 g/mol. The van der Waals surface area contributed by atoms with Crippen LogP contribution < -0.4 is 15.0 Å². The van der Waals surface area contributed by atoms with E-state index in [1.54, 1.807) is 0 Å². The van der Waals surface area contributed by atoms with Crippen LogP contribution >= 0.6 is 0 Å². The minimum Gasteiger partial charge on any atom is -0.457 e. The summed E-state index contributed by atoms with van der Waals surface area (Å²) in [5, 5.41) is 2.91. The summed E-state index contributed by atoms with van der Waals surface area (Å²) in [5.41, 5.74) is 4.48. The van der Waals surface area contributed by atoms with Gasteiger partial charge in [-0.05, 0) is 66.9 Å². The van der Waals surface area contributed by atoms with Gasteiger partial charge in [-0.3, -0.25) is 9.59 Å². The molecule has 0 radical (unpaired) electrons. The SMILES string of the molecule is Cc1cc(C)cc(Oc2ccc(CNC(=O)CCC(=O)N3CCN(c4ccccc4)CC3)cc2)c1. The van der Waals surface area contributed by atoms with Crippen molar-refractivity contribution in [3.63, 3.8) is 0 Å². The number of benzene rings is 3. The third kappa shape index (κ3) is 7.09. The zero-order valence-corrected chi connectivity index (χ0v) is 20.5. The highest BCUT2D eigenvalue weighted by Crippen LogP contribution is 2.24. The first-order valence-electron chi connectivity index (χ1n) is 12.2. The van der Waals surface area contributed by atoms with Gasteiger partial charge >= 0.3 is 0 Å². The molecule has 1 N–H and O–H groups in total. The Kier molecular flexibility index (Phi) is 8.03. The summed E-state index contributed by atoms with van der Waals surface area (Å²) in [5.74, 6) is 1.50. The lowest BCUT2D eigenvalue weighted by Gasteiger charge is -2.36. The van der Waals surface area contributed by atoms with Gasteiger partial charge in [-0.2, -0.15) is 0 Å². The third-order valence-corrected chi connectivity index (χ3v) is 6.16. The molecule has 1 heterocycles. The molecule has 6 heteroatoms. The van der Waals surface area contributed by atoms with Crippen LogP contribution in [0.4, 0.5) is 5.69 Å². The van der Waals surface area contributed by atoms with Gasteiger partial charge in [0.2, 0.25) is 11.8 Å². The van der Waals surface area contributed by atoms with Crippen LogP contribution in [-0.2, 0) is 16.1 Å². The van der Waals surface area contributed by atoms with E-state index in [2.05, 4.69) is 28.4 Å². The van der Waals surface area contributed by atoms with Crippen molar-refractivity contribution < 1.29 is 14.3 Å². The van der Waals surface area contributed by atoms with Gasteiger partial charge in [0.15, 0.2) is 0 Å². The Morgan fingerprint density at radius 1 is 0.800 bits per heavy atom. The van der Waals surface area contributed by atoms with Crippen LogP contribution in [0.2, 0.25) is 0 Å². The summed E-state index contributed by atoms with van der Waals surface area (Å²) in [4.78, 5) is 29.0. The third-order valence-electron chi connectivity index (χ3n) is 6.16. The van der Waals surface area contributed by atoms with Crippen LogP contribution in [0.3, 0.4) is 0 Å². The van der Waals surface area contributed by atoms with E-state index in [0.29, 0.717) is 19.6 Å². The minimum atomic E-state index is -0.114. The molecule has 1 aliphatic rings. The number of amides is 2. The van der Waals surface area contributed by atoms with Crippen LogP contribution in [0.5, 0.6) is 11.5 Å². The molecule has 0 aromatic heterocycles. The van der Waals surface area contributed by atoms with E-state index in [0.717, 1.165) is 41.3 Å². The van der Waals surface area contributed by atoms with E-state index in [9.17, 15) is 9.59 Å². The molecule has 1 saturated heterocycles. The molecule has 3 aromatic carbocycles. The number of anilines is 1. The van der Waals surface area contributed by atoms with Crippen molar-refractivity contribution in [1.29, 1.82) is 0 Å². The molecule has 0 saturated carbocycles. The first-order valence-corrected chi connectivity index (χ1v) is 12.2. The van der Waals surface area contributed by atoms with Crippen LogP contribution in [0.25, 0.3) is 0 Å². The molecule has 0 spiro atoms. The van der Waals surface area contributed by atoms with Crippen molar-refractivity contribution in [2.75, 3.05) is 31.1 Å². The number of aryl methyl sites for hydroxylation is 2. The maximum Gasteiger partial charge on any atom is 0.223 e. The van der Waals surface area contributed by atoms with E-state index in [-0.39, 0.29) is 24.7 Å². The second-order valence-electron chi connectivity index (χ2n) is 9.05. The fourth-order valence-electron chi connectivity index (χ4n) is 4.32. The van der Waals surface area contributed by atoms with E-state index in [4.69, 9.17) is 4.74 Å². The summed E-state index contributed by atoms with van der Waals surface area (Å²) >= 11 is 0. The van der Waals surface area contributed by atoms with Gasteiger partial charge in [0, 0.05) is 51.3 Å². The van der Waals surface area contributed by atoms with Gasteiger partial charge in [0.25, 0.3) is 0 Å². The lowest BCUT2D eigenvalue weighted by Crippen LogP contribution is -2.48. The fourth-order valence-corrected chi connectivity index (χ4v) is 4.32. The number of carbonyl (C=O) groups excluding carboxylic acids is 2. The van der Waals surface area contributed by atoms with Crippen molar-refractivity contribution in [3.8, 4) is 11.5 Å². The number of nitrogens with zero attached hydrogens (tertiary/aromatic N) is 2. The number of hydrogen-bond donors (Lipinski definition) is 1. The average molecular weight is 472 g/mol. The van der Waals surface area contributed by atoms with Gasteiger partial charge in [0.1, 0.15) is 11.5 Å². The Bertz CT molecular complexity index is 1120. The standard InChI is InChI=1S/C29H33N3O3/c1-22-18-23(2)20-27(19-22)35-26-10-8-24(9-11-26)21-30-28(33)12-13-29(34)32-16-14-31(15-17-32)25-6-4-3-5-7-25/h3-11,18-20H,12-17,21H2,1-2H3,(H,30,33). The van der Waals surface area contributed by atoms with Gasteiger partial charge in [-0.1, -0.05) is 36.4 Å². The van der Waals surface area contributed by atoms with Crippen molar-refractivity contribution >= 4 is 17.5 Å². The number of carbonyl (C=O) groups is 2. The second kappa shape index (κ2) is 11.6. The summed E-state index contributed by atoms with van der Waals surface area (Å²) in [7, 11) is 0. The highest BCUT2D eigenvalue weighted by Gasteiger charge is 2.21. The molecule has 4 rings (SSSR count). The van der Waals surface area contributed by atoms with Gasteiger partial charge in [0.05, 0.1) is 0 Å². The number of para-hydroxylation sites is 1. The highest BCUT2D eigenvalue weighted by molar-refractivity contribution is 5.84. The molecule has 0 bridgehead atoms. The predicted molar refractivity (Wildman–Crippen MR) is 139 cm³/mol. The first kappa shape index (κ1) is 24.3. The molecule has 1 fully saturated rings. The van der Waals surface area contributed by atoms with Crippen LogP contribution in [0.1, 0.15) is 29.5 Å². The molecule has 182 valence electrons. The number of hydrogen-bond acceptors (Lipinski definition) is 4. The van der Waals surface area contributed by atoms with E-state index >= 15 is 0 Å². The predicted octanol–water partition coefficient (Wildman–Crippen LogP) is 4.84. The number of piperazine rings is 1. The maximum atomic E-state index is 12.6. The van der Waals surface area contributed by atoms with Gasteiger partial charge in [-0.15, -0.1) is 0 Å². The normalized spacial score (nSPS) is 13.4. The van der Waals surface area contributed by atoms with E-state index in [1.807, 2.05) is 73.3 Å². The molecule has 6 nitrogen and oxygen atoms in total. The highest BCUT2D eigenvalue weighted by atomic mass is 16.5. The number of rotatable bonds is 8. The lowest BCUT2D eigenvalue weighted by atomic mass is 10.1. The summed E-state index contributed by atoms with van der Waals surface area (Å²) in [6.45, 7) is 7.51. The zero-order valence-electron chi connectivity index (χ0n) is 20.5. The molecule has 2 amide bonds. The molecule has 0 aliphatic carbocycles. The molecule has 1 aliphatic heterocycles. The Morgan fingerprint density at radius 3 is 2.11 bits per heavy atom. The van der Waals surface area contributed by atoms with Crippen LogP contribution in [-0.4, -0.2) is 42.9 Å².